The topological polar surface area (TPSA) is 42.1 Å². The van der Waals surface area contributed by atoms with Crippen molar-refractivity contribution in [1.29, 1.82) is 0 Å². The fraction of sp³-hybridized carbons (Fsp3) is 0.615. The van der Waals surface area contributed by atoms with E-state index in [4.69, 9.17) is 5.73 Å². The van der Waals surface area contributed by atoms with Crippen LogP contribution in [0, 0.1) is 12.8 Å². The van der Waals surface area contributed by atoms with Crippen LogP contribution in [0.5, 0.6) is 0 Å². The van der Waals surface area contributed by atoms with Gasteiger partial charge in [0.05, 0.1) is 0 Å². The van der Waals surface area contributed by atoms with Gasteiger partial charge in [-0.25, -0.2) is 4.98 Å². The molecular weight excluding hydrogens is 198 g/mol. The Kier molecular flexibility index (Phi) is 3.44. The lowest BCUT2D eigenvalue weighted by Crippen LogP contribution is -2.40. The molecule has 0 saturated carbocycles. The van der Waals surface area contributed by atoms with Gasteiger partial charge in [-0.1, -0.05) is 6.07 Å². The molecule has 1 aliphatic heterocycles. The summed E-state index contributed by atoms with van der Waals surface area (Å²) in [5.74, 6) is 1.80. The van der Waals surface area contributed by atoms with Gasteiger partial charge >= 0.3 is 0 Å². The molecule has 1 aromatic heterocycles. The molecule has 1 aromatic rings. The molecule has 88 valence electrons. The maximum atomic E-state index is 5.94. The first-order valence-electron chi connectivity index (χ1n) is 6.11. The highest BCUT2D eigenvalue weighted by Crippen LogP contribution is 2.23. The fourth-order valence-corrected chi connectivity index (χ4v) is 2.36. The van der Waals surface area contributed by atoms with E-state index in [9.17, 15) is 0 Å². The van der Waals surface area contributed by atoms with Crippen molar-refractivity contribution in [3.63, 3.8) is 0 Å². The molecule has 3 nitrogen and oxygen atoms in total. The van der Waals surface area contributed by atoms with Crippen molar-refractivity contribution in [1.82, 2.24) is 4.98 Å². The third kappa shape index (κ3) is 2.53. The van der Waals surface area contributed by atoms with E-state index in [1.54, 1.807) is 0 Å². The lowest BCUT2D eigenvalue weighted by Gasteiger charge is -2.34. The van der Waals surface area contributed by atoms with E-state index in [-0.39, 0.29) is 0 Å². The van der Waals surface area contributed by atoms with E-state index in [0.29, 0.717) is 12.0 Å². The first-order valence-corrected chi connectivity index (χ1v) is 6.11. The average Bonchev–Trinajstić information content (AvgIpc) is 2.29. The van der Waals surface area contributed by atoms with Gasteiger partial charge in [-0.2, -0.15) is 0 Å². The highest BCUT2D eigenvalue weighted by Gasteiger charge is 2.22. The van der Waals surface area contributed by atoms with Gasteiger partial charge in [0.25, 0.3) is 0 Å². The fourth-order valence-electron chi connectivity index (χ4n) is 2.36. The zero-order valence-electron chi connectivity index (χ0n) is 10.2. The highest BCUT2D eigenvalue weighted by molar-refractivity contribution is 5.39. The summed E-state index contributed by atoms with van der Waals surface area (Å²) in [6.07, 6.45) is 2.38. The molecule has 2 rings (SSSR count). The molecule has 3 heteroatoms. The minimum absolute atomic E-state index is 0.326. The monoisotopic (exact) mass is 219 g/mol. The Morgan fingerprint density at radius 2 is 2.06 bits per heavy atom. The standard InChI is InChI=1S/C13H21N3/c1-10-4-3-5-13(15-10)16-8-6-12(7-9-16)11(2)14/h3-5,11-12H,6-9,14H2,1-2H3. The van der Waals surface area contributed by atoms with Gasteiger partial charge < -0.3 is 10.6 Å². The molecule has 1 aliphatic rings. The van der Waals surface area contributed by atoms with Crippen LogP contribution in [-0.4, -0.2) is 24.1 Å². The maximum Gasteiger partial charge on any atom is 0.128 e. The number of aromatic nitrogens is 1. The minimum atomic E-state index is 0.326. The van der Waals surface area contributed by atoms with Crippen LogP contribution in [0.4, 0.5) is 5.82 Å². The lowest BCUT2D eigenvalue weighted by atomic mass is 9.91. The molecule has 2 N–H and O–H groups in total. The van der Waals surface area contributed by atoms with E-state index >= 15 is 0 Å². The minimum Gasteiger partial charge on any atom is -0.357 e. The third-order valence-corrected chi connectivity index (χ3v) is 3.48. The van der Waals surface area contributed by atoms with Gasteiger partial charge in [0, 0.05) is 24.8 Å². The number of nitrogens with zero attached hydrogens (tertiary/aromatic N) is 2. The molecular formula is C13H21N3. The Hall–Kier alpha value is -1.09. The van der Waals surface area contributed by atoms with E-state index in [0.717, 1.165) is 24.6 Å². The summed E-state index contributed by atoms with van der Waals surface area (Å²) in [4.78, 5) is 6.93. The largest absolute Gasteiger partial charge is 0.357 e. The zero-order valence-corrected chi connectivity index (χ0v) is 10.2. The van der Waals surface area contributed by atoms with Crippen molar-refractivity contribution in [2.24, 2.45) is 11.7 Å². The van der Waals surface area contributed by atoms with Gasteiger partial charge in [-0.05, 0) is 44.7 Å². The molecule has 0 spiro atoms. The molecule has 2 heterocycles. The smallest absolute Gasteiger partial charge is 0.128 e. The number of hydrogen-bond acceptors (Lipinski definition) is 3. The van der Waals surface area contributed by atoms with E-state index in [1.807, 2.05) is 13.0 Å². The zero-order chi connectivity index (χ0) is 11.5. The summed E-state index contributed by atoms with van der Waals surface area (Å²) in [6, 6.07) is 6.54. The summed E-state index contributed by atoms with van der Waals surface area (Å²) in [5, 5.41) is 0. The summed E-state index contributed by atoms with van der Waals surface area (Å²) in [7, 11) is 0. The lowest BCUT2D eigenvalue weighted by molar-refractivity contribution is 0.353. The van der Waals surface area contributed by atoms with Gasteiger partial charge in [0.15, 0.2) is 0 Å². The second-order valence-electron chi connectivity index (χ2n) is 4.82. The van der Waals surface area contributed by atoms with Gasteiger partial charge in [0.2, 0.25) is 0 Å². The van der Waals surface area contributed by atoms with Gasteiger partial charge in [0.1, 0.15) is 5.82 Å². The van der Waals surface area contributed by atoms with Crippen LogP contribution in [-0.2, 0) is 0 Å². The van der Waals surface area contributed by atoms with Crippen LogP contribution in [0.25, 0.3) is 0 Å². The molecule has 16 heavy (non-hydrogen) atoms. The molecule has 0 radical (unpaired) electrons. The second kappa shape index (κ2) is 4.83. The van der Waals surface area contributed by atoms with Crippen molar-refractivity contribution >= 4 is 5.82 Å². The van der Waals surface area contributed by atoms with Crippen LogP contribution in [0.15, 0.2) is 18.2 Å². The Morgan fingerprint density at radius 3 is 2.62 bits per heavy atom. The number of piperidine rings is 1. The van der Waals surface area contributed by atoms with Crippen molar-refractivity contribution in [3.8, 4) is 0 Å². The molecule has 0 aromatic carbocycles. The number of nitrogens with two attached hydrogens (primary N) is 1. The van der Waals surface area contributed by atoms with Crippen LogP contribution in [0.2, 0.25) is 0 Å². The second-order valence-corrected chi connectivity index (χ2v) is 4.82. The van der Waals surface area contributed by atoms with E-state index < -0.39 is 0 Å². The molecule has 0 bridgehead atoms. The Labute approximate surface area is 97.7 Å². The Morgan fingerprint density at radius 1 is 1.38 bits per heavy atom. The molecule has 1 saturated heterocycles. The quantitative estimate of drug-likeness (QED) is 0.826. The van der Waals surface area contributed by atoms with Crippen LogP contribution in [0.1, 0.15) is 25.5 Å². The molecule has 0 aliphatic carbocycles. The first kappa shape index (κ1) is 11.4. The van der Waals surface area contributed by atoms with Crippen LogP contribution >= 0.6 is 0 Å². The van der Waals surface area contributed by atoms with Crippen molar-refractivity contribution in [2.45, 2.75) is 32.7 Å². The summed E-state index contributed by atoms with van der Waals surface area (Å²) >= 11 is 0. The van der Waals surface area contributed by atoms with Crippen LogP contribution < -0.4 is 10.6 Å². The Bertz CT molecular complexity index is 341. The number of aryl methyl sites for hydroxylation is 1. The Balaban J connectivity index is 1.99. The number of pyridine rings is 1. The highest BCUT2D eigenvalue weighted by atomic mass is 15.2. The average molecular weight is 219 g/mol. The van der Waals surface area contributed by atoms with Gasteiger partial charge in [-0.3, -0.25) is 0 Å². The van der Waals surface area contributed by atoms with E-state index in [2.05, 4.69) is 28.9 Å². The SMILES string of the molecule is Cc1cccc(N2CCC(C(C)N)CC2)n1. The summed E-state index contributed by atoms with van der Waals surface area (Å²) in [5.41, 5.74) is 7.03. The normalized spacial score (nSPS) is 19.8. The number of hydrogen-bond donors (Lipinski definition) is 1. The number of anilines is 1. The molecule has 1 fully saturated rings. The maximum absolute atomic E-state index is 5.94. The summed E-state index contributed by atoms with van der Waals surface area (Å²) in [6.45, 7) is 6.33. The third-order valence-electron chi connectivity index (χ3n) is 3.48. The van der Waals surface area contributed by atoms with Crippen molar-refractivity contribution < 1.29 is 0 Å². The van der Waals surface area contributed by atoms with Crippen molar-refractivity contribution in [2.75, 3.05) is 18.0 Å². The van der Waals surface area contributed by atoms with Crippen molar-refractivity contribution in [3.05, 3.63) is 23.9 Å². The van der Waals surface area contributed by atoms with Gasteiger partial charge in [-0.15, -0.1) is 0 Å². The molecule has 0 amide bonds. The molecule has 1 atom stereocenters. The predicted molar refractivity (Wildman–Crippen MR) is 67.6 cm³/mol. The first-order chi connectivity index (χ1) is 7.66. The predicted octanol–water partition coefficient (Wildman–Crippen LogP) is 1.95. The van der Waals surface area contributed by atoms with E-state index in [1.165, 1.54) is 12.8 Å². The summed E-state index contributed by atoms with van der Waals surface area (Å²) < 4.78 is 0. The van der Waals surface area contributed by atoms with Crippen LogP contribution in [0.3, 0.4) is 0 Å². The molecule has 1 unspecified atom stereocenters. The number of rotatable bonds is 2.